The lowest BCUT2D eigenvalue weighted by Crippen LogP contribution is -2.31. The second-order valence-electron chi connectivity index (χ2n) is 5.91. The van der Waals surface area contributed by atoms with Crippen LogP contribution in [0.2, 0.25) is 0 Å². The molecule has 0 atom stereocenters. The van der Waals surface area contributed by atoms with E-state index in [2.05, 4.69) is 29.5 Å². The Kier molecular flexibility index (Phi) is 5.56. The van der Waals surface area contributed by atoms with E-state index >= 15 is 0 Å². The van der Waals surface area contributed by atoms with Crippen LogP contribution in [0, 0.1) is 5.92 Å². The smallest absolute Gasteiger partial charge is 0.238 e. The van der Waals surface area contributed by atoms with Gasteiger partial charge in [-0.2, -0.15) is 0 Å². The lowest BCUT2D eigenvalue weighted by Gasteiger charge is -2.20. The topological polar surface area (TPSA) is 58.4 Å². The highest BCUT2D eigenvalue weighted by atomic mass is 16.2. The van der Waals surface area contributed by atoms with Crippen molar-refractivity contribution in [3.8, 4) is 0 Å². The molecule has 1 fully saturated rings. The molecule has 0 aliphatic heterocycles. The van der Waals surface area contributed by atoms with Crippen LogP contribution in [0.25, 0.3) is 0 Å². The maximum absolute atomic E-state index is 11.2. The Morgan fingerprint density at radius 1 is 1.25 bits per heavy atom. The predicted molar refractivity (Wildman–Crippen MR) is 80.8 cm³/mol. The SMILES string of the molecule is CN(Cc1ccc(CC(=O)NN)cc1)CC1CCCC1. The summed E-state index contributed by atoms with van der Waals surface area (Å²) in [5.41, 5.74) is 4.44. The minimum absolute atomic E-state index is 0.156. The fraction of sp³-hybridized carbons (Fsp3) is 0.562. The Morgan fingerprint density at radius 3 is 2.45 bits per heavy atom. The Morgan fingerprint density at radius 2 is 1.85 bits per heavy atom. The van der Waals surface area contributed by atoms with Gasteiger partial charge in [-0.3, -0.25) is 10.2 Å². The first-order chi connectivity index (χ1) is 9.67. The average molecular weight is 275 g/mol. The number of amides is 1. The predicted octanol–water partition coefficient (Wildman–Crippen LogP) is 1.84. The summed E-state index contributed by atoms with van der Waals surface area (Å²) in [6.07, 6.45) is 5.91. The number of benzene rings is 1. The number of hydrogen-bond acceptors (Lipinski definition) is 3. The number of hydrogen-bond donors (Lipinski definition) is 2. The first-order valence-corrected chi connectivity index (χ1v) is 7.43. The third-order valence-corrected chi connectivity index (χ3v) is 4.05. The summed E-state index contributed by atoms with van der Waals surface area (Å²) < 4.78 is 0. The van der Waals surface area contributed by atoms with Gasteiger partial charge in [-0.05, 0) is 36.9 Å². The number of nitrogens with zero attached hydrogens (tertiary/aromatic N) is 1. The molecule has 20 heavy (non-hydrogen) atoms. The molecular weight excluding hydrogens is 250 g/mol. The number of nitrogens with one attached hydrogen (secondary N) is 1. The molecule has 110 valence electrons. The maximum atomic E-state index is 11.2. The summed E-state index contributed by atoms with van der Waals surface area (Å²) in [4.78, 5) is 13.6. The van der Waals surface area contributed by atoms with Crippen molar-refractivity contribution in [1.82, 2.24) is 10.3 Å². The Hall–Kier alpha value is -1.39. The van der Waals surface area contributed by atoms with Crippen LogP contribution in [0.3, 0.4) is 0 Å². The largest absolute Gasteiger partial charge is 0.302 e. The highest BCUT2D eigenvalue weighted by Gasteiger charge is 2.16. The maximum Gasteiger partial charge on any atom is 0.238 e. The summed E-state index contributed by atoms with van der Waals surface area (Å²) in [6, 6.07) is 8.22. The molecule has 1 aromatic rings. The molecule has 1 aliphatic rings. The first kappa shape index (κ1) is 15.0. The number of hydrazine groups is 1. The molecule has 0 saturated heterocycles. The summed E-state index contributed by atoms with van der Waals surface area (Å²) in [6.45, 7) is 2.16. The quantitative estimate of drug-likeness (QED) is 0.473. The van der Waals surface area contributed by atoms with Crippen LogP contribution in [0.1, 0.15) is 36.8 Å². The van der Waals surface area contributed by atoms with E-state index in [1.165, 1.54) is 37.8 Å². The summed E-state index contributed by atoms with van der Waals surface area (Å²) >= 11 is 0. The van der Waals surface area contributed by atoms with Crippen molar-refractivity contribution in [2.24, 2.45) is 11.8 Å². The van der Waals surface area contributed by atoms with Gasteiger partial charge >= 0.3 is 0 Å². The van der Waals surface area contributed by atoms with E-state index in [1.54, 1.807) is 0 Å². The molecule has 1 aliphatic carbocycles. The van der Waals surface area contributed by atoms with Gasteiger partial charge in [-0.1, -0.05) is 37.1 Å². The van der Waals surface area contributed by atoms with E-state index in [4.69, 9.17) is 5.84 Å². The molecule has 1 aromatic carbocycles. The van der Waals surface area contributed by atoms with Crippen molar-refractivity contribution in [1.29, 1.82) is 0 Å². The summed E-state index contributed by atoms with van der Waals surface area (Å²) in [7, 11) is 2.19. The van der Waals surface area contributed by atoms with Crippen LogP contribution in [0.15, 0.2) is 24.3 Å². The zero-order chi connectivity index (χ0) is 14.4. The van der Waals surface area contributed by atoms with Gasteiger partial charge < -0.3 is 4.90 Å². The molecule has 2 rings (SSSR count). The molecule has 0 heterocycles. The Labute approximate surface area is 121 Å². The third-order valence-electron chi connectivity index (χ3n) is 4.05. The summed E-state index contributed by atoms with van der Waals surface area (Å²) in [5.74, 6) is 5.81. The van der Waals surface area contributed by atoms with Crippen LogP contribution in [-0.2, 0) is 17.8 Å². The van der Waals surface area contributed by atoms with Crippen molar-refractivity contribution < 1.29 is 4.79 Å². The second-order valence-corrected chi connectivity index (χ2v) is 5.91. The van der Waals surface area contributed by atoms with Gasteiger partial charge in [0, 0.05) is 13.1 Å². The minimum atomic E-state index is -0.156. The Bertz CT molecular complexity index is 424. The molecule has 1 saturated carbocycles. The van der Waals surface area contributed by atoms with Crippen LogP contribution < -0.4 is 11.3 Å². The molecule has 1 amide bonds. The van der Waals surface area contributed by atoms with E-state index in [-0.39, 0.29) is 5.91 Å². The van der Waals surface area contributed by atoms with Crippen LogP contribution in [-0.4, -0.2) is 24.4 Å². The van der Waals surface area contributed by atoms with Crippen molar-refractivity contribution in [2.45, 2.75) is 38.6 Å². The van der Waals surface area contributed by atoms with Crippen LogP contribution in [0.4, 0.5) is 0 Å². The fourth-order valence-corrected chi connectivity index (χ4v) is 3.01. The van der Waals surface area contributed by atoms with E-state index < -0.39 is 0 Å². The molecule has 0 bridgehead atoms. The van der Waals surface area contributed by atoms with Gasteiger partial charge in [0.1, 0.15) is 0 Å². The monoisotopic (exact) mass is 275 g/mol. The number of carbonyl (C=O) groups is 1. The zero-order valence-electron chi connectivity index (χ0n) is 12.3. The van der Waals surface area contributed by atoms with Gasteiger partial charge in [0.2, 0.25) is 5.91 Å². The fourth-order valence-electron chi connectivity index (χ4n) is 3.01. The minimum Gasteiger partial charge on any atom is -0.302 e. The second kappa shape index (κ2) is 7.41. The Balaban J connectivity index is 1.81. The number of nitrogens with two attached hydrogens (primary N) is 1. The van der Waals surface area contributed by atoms with Gasteiger partial charge in [-0.15, -0.1) is 0 Å². The molecule has 0 unspecified atom stereocenters. The van der Waals surface area contributed by atoms with Crippen molar-refractivity contribution in [3.63, 3.8) is 0 Å². The number of carbonyl (C=O) groups excluding carboxylic acids is 1. The highest BCUT2D eigenvalue weighted by molar-refractivity contribution is 5.77. The van der Waals surface area contributed by atoms with Gasteiger partial charge in [0.25, 0.3) is 0 Å². The summed E-state index contributed by atoms with van der Waals surface area (Å²) in [5, 5.41) is 0. The third kappa shape index (κ3) is 4.62. The van der Waals surface area contributed by atoms with Crippen molar-refractivity contribution in [2.75, 3.05) is 13.6 Å². The highest BCUT2D eigenvalue weighted by Crippen LogP contribution is 2.25. The van der Waals surface area contributed by atoms with E-state index in [0.29, 0.717) is 6.42 Å². The van der Waals surface area contributed by atoms with E-state index in [0.717, 1.165) is 18.0 Å². The van der Waals surface area contributed by atoms with Gasteiger partial charge in [0.05, 0.1) is 6.42 Å². The molecule has 0 aromatic heterocycles. The average Bonchev–Trinajstić information content (AvgIpc) is 2.93. The van der Waals surface area contributed by atoms with Crippen molar-refractivity contribution in [3.05, 3.63) is 35.4 Å². The van der Waals surface area contributed by atoms with Crippen molar-refractivity contribution >= 4 is 5.91 Å². The molecule has 0 radical (unpaired) electrons. The first-order valence-electron chi connectivity index (χ1n) is 7.43. The lowest BCUT2D eigenvalue weighted by molar-refractivity contribution is -0.120. The van der Waals surface area contributed by atoms with Crippen LogP contribution in [0.5, 0.6) is 0 Å². The van der Waals surface area contributed by atoms with Crippen LogP contribution >= 0.6 is 0 Å². The van der Waals surface area contributed by atoms with E-state index in [1.807, 2.05) is 12.1 Å². The number of rotatable bonds is 6. The van der Waals surface area contributed by atoms with E-state index in [9.17, 15) is 4.79 Å². The normalized spacial score (nSPS) is 15.8. The standard InChI is InChI=1S/C16H25N3O/c1-19(11-14-4-2-3-5-14)12-15-8-6-13(7-9-15)10-16(20)18-17/h6-9,14H,2-5,10-12,17H2,1H3,(H,18,20). The molecule has 4 nitrogen and oxygen atoms in total. The zero-order valence-corrected chi connectivity index (χ0v) is 12.3. The molecular formula is C16H25N3O. The molecule has 4 heteroatoms. The lowest BCUT2D eigenvalue weighted by atomic mass is 10.1. The molecule has 3 N–H and O–H groups in total. The van der Waals surface area contributed by atoms with Gasteiger partial charge in [-0.25, -0.2) is 5.84 Å². The molecule has 0 spiro atoms. The van der Waals surface area contributed by atoms with Gasteiger partial charge in [0.15, 0.2) is 0 Å².